The summed E-state index contributed by atoms with van der Waals surface area (Å²) >= 11 is 0. The molecule has 0 aliphatic carbocycles. The highest BCUT2D eigenvalue weighted by Gasteiger charge is 2.34. The minimum atomic E-state index is -1.27. The minimum Gasteiger partial charge on any atom is -0.491 e. The fourth-order valence-corrected chi connectivity index (χ4v) is 4.91. The van der Waals surface area contributed by atoms with Crippen molar-refractivity contribution in [2.75, 3.05) is 19.8 Å². The lowest BCUT2D eigenvalue weighted by molar-refractivity contribution is -0.119. The molecule has 2 aliphatic heterocycles. The largest absolute Gasteiger partial charge is 0.491 e. The zero-order valence-corrected chi connectivity index (χ0v) is 19.5. The molecule has 2 saturated heterocycles. The molecule has 34 heavy (non-hydrogen) atoms. The van der Waals surface area contributed by atoms with Gasteiger partial charge >= 0.3 is 0 Å². The molecule has 184 valence electrons. The van der Waals surface area contributed by atoms with Crippen LogP contribution in [0.2, 0.25) is 0 Å². The molecule has 3 nitrogen and oxygen atoms in total. The van der Waals surface area contributed by atoms with Crippen molar-refractivity contribution in [2.45, 2.75) is 57.7 Å². The highest BCUT2D eigenvalue weighted by atomic mass is 19.2. The van der Waals surface area contributed by atoms with Crippen molar-refractivity contribution in [3.05, 3.63) is 65.2 Å². The van der Waals surface area contributed by atoms with E-state index < -0.39 is 23.3 Å². The van der Waals surface area contributed by atoms with Gasteiger partial charge in [0.05, 0.1) is 32.0 Å². The second-order valence-electron chi connectivity index (χ2n) is 8.88. The molecule has 2 aromatic rings. The quantitative estimate of drug-likeness (QED) is 0.332. The monoisotopic (exact) mass is 478 g/mol. The van der Waals surface area contributed by atoms with Crippen molar-refractivity contribution in [3.8, 4) is 16.9 Å². The van der Waals surface area contributed by atoms with Gasteiger partial charge < -0.3 is 14.2 Å². The average molecular weight is 479 g/mol. The summed E-state index contributed by atoms with van der Waals surface area (Å²) in [7, 11) is 0. The van der Waals surface area contributed by atoms with Crippen LogP contribution in [0.25, 0.3) is 11.1 Å². The van der Waals surface area contributed by atoms with Crippen LogP contribution < -0.4 is 4.74 Å². The molecule has 4 unspecified atom stereocenters. The maximum absolute atomic E-state index is 15.0. The summed E-state index contributed by atoms with van der Waals surface area (Å²) in [4.78, 5) is 0. The first-order valence-corrected chi connectivity index (χ1v) is 11.9. The molecule has 0 aromatic heterocycles. The SMILES string of the molecule is C/C=C/C1CCC(C2CCC(c3ccc(-c4ccc(OCC)c(F)c4F)c(F)c3F)CO2)OC1. The summed E-state index contributed by atoms with van der Waals surface area (Å²) in [6.45, 7) is 4.71. The van der Waals surface area contributed by atoms with Crippen molar-refractivity contribution in [2.24, 2.45) is 5.92 Å². The number of hydrogen-bond acceptors (Lipinski definition) is 3. The molecule has 0 saturated carbocycles. The lowest BCUT2D eigenvalue weighted by Crippen LogP contribution is -2.40. The van der Waals surface area contributed by atoms with Crippen LogP contribution >= 0.6 is 0 Å². The zero-order valence-electron chi connectivity index (χ0n) is 19.5. The fourth-order valence-electron chi connectivity index (χ4n) is 4.91. The van der Waals surface area contributed by atoms with Gasteiger partial charge in [-0.15, -0.1) is 0 Å². The molecule has 2 heterocycles. The van der Waals surface area contributed by atoms with Gasteiger partial charge in [-0.1, -0.05) is 24.3 Å². The second-order valence-corrected chi connectivity index (χ2v) is 8.88. The van der Waals surface area contributed by atoms with Gasteiger partial charge in [0.15, 0.2) is 23.2 Å². The lowest BCUT2D eigenvalue weighted by Gasteiger charge is -2.37. The second kappa shape index (κ2) is 10.9. The highest BCUT2D eigenvalue weighted by molar-refractivity contribution is 5.66. The van der Waals surface area contributed by atoms with E-state index in [1.54, 1.807) is 6.92 Å². The van der Waals surface area contributed by atoms with E-state index >= 15 is 4.39 Å². The van der Waals surface area contributed by atoms with E-state index in [1.807, 2.05) is 13.0 Å². The lowest BCUT2D eigenvalue weighted by atomic mass is 9.86. The Hall–Kier alpha value is -2.38. The Kier molecular flexibility index (Phi) is 7.94. The topological polar surface area (TPSA) is 27.7 Å². The highest BCUT2D eigenvalue weighted by Crippen LogP contribution is 2.38. The van der Waals surface area contributed by atoms with Crippen LogP contribution in [0.3, 0.4) is 0 Å². The van der Waals surface area contributed by atoms with E-state index in [2.05, 4.69) is 6.08 Å². The Morgan fingerprint density at radius 3 is 2.06 bits per heavy atom. The van der Waals surface area contributed by atoms with E-state index in [0.29, 0.717) is 25.4 Å². The van der Waals surface area contributed by atoms with Crippen LogP contribution in [0.1, 0.15) is 51.0 Å². The van der Waals surface area contributed by atoms with Gasteiger partial charge in [0.25, 0.3) is 0 Å². The molecule has 0 bridgehead atoms. The van der Waals surface area contributed by atoms with Gasteiger partial charge in [-0.3, -0.25) is 0 Å². The van der Waals surface area contributed by atoms with E-state index in [-0.39, 0.29) is 53.8 Å². The first-order valence-electron chi connectivity index (χ1n) is 11.9. The van der Waals surface area contributed by atoms with Crippen LogP contribution in [-0.2, 0) is 9.47 Å². The molecule has 0 spiro atoms. The first kappa shape index (κ1) is 24.7. The standard InChI is InChI=1S/C27H30F4O3/c1-3-5-16-6-11-21(33-14-16)22-12-7-17(15-34-22)18-8-9-19(25(29)24(18)28)20-10-13-23(32-4-2)27(31)26(20)30/h3,5,8-10,13,16-17,21-22H,4,6-7,11-12,14-15H2,1-2H3/b5-3+. The van der Waals surface area contributed by atoms with Gasteiger partial charge in [0.1, 0.15) is 0 Å². The molecule has 4 rings (SSSR count). The third-order valence-corrected chi connectivity index (χ3v) is 6.73. The molecule has 2 fully saturated rings. The Bertz CT molecular complexity index is 1020. The van der Waals surface area contributed by atoms with Crippen LogP contribution in [0, 0.1) is 29.2 Å². The third kappa shape index (κ3) is 5.01. The molecule has 0 amide bonds. The molecular formula is C27H30F4O3. The van der Waals surface area contributed by atoms with E-state index in [9.17, 15) is 13.2 Å². The molecule has 0 radical (unpaired) electrons. The van der Waals surface area contributed by atoms with Crippen molar-refractivity contribution in [3.63, 3.8) is 0 Å². The van der Waals surface area contributed by atoms with Gasteiger partial charge in [-0.25, -0.2) is 13.2 Å². The van der Waals surface area contributed by atoms with Crippen molar-refractivity contribution >= 4 is 0 Å². The summed E-state index contributed by atoms with van der Waals surface area (Å²) in [5.41, 5.74) is -0.500. The number of benzene rings is 2. The smallest absolute Gasteiger partial charge is 0.201 e. The van der Waals surface area contributed by atoms with E-state index in [0.717, 1.165) is 12.8 Å². The van der Waals surface area contributed by atoms with Crippen LogP contribution in [0.15, 0.2) is 36.4 Å². The Morgan fingerprint density at radius 2 is 1.47 bits per heavy atom. The molecule has 2 aliphatic rings. The van der Waals surface area contributed by atoms with Crippen LogP contribution in [0.5, 0.6) is 5.75 Å². The maximum atomic E-state index is 15.0. The Balaban J connectivity index is 1.45. The molecule has 4 atom stereocenters. The summed E-state index contributed by atoms with van der Waals surface area (Å²) in [6, 6.07) is 5.14. The normalized spacial score (nSPS) is 25.6. The van der Waals surface area contributed by atoms with E-state index in [4.69, 9.17) is 14.2 Å². The fraction of sp³-hybridized carbons (Fsp3) is 0.481. The summed E-state index contributed by atoms with van der Waals surface area (Å²) in [5, 5.41) is 0. The number of hydrogen-bond donors (Lipinski definition) is 0. The number of halogens is 4. The first-order chi connectivity index (χ1) is 16.4. The van der Waals surface area contributed by atoms with Crippen molar-refractivity contribution < 1.29 is 31.8 Å². The van der Waals surface area contributed by atoms with Gasteiger partial charge in [-0.2, -0.15) is 4.39 Å². The summed E-state index contributed by atoms with van der Waals surface area (Å²) in [5.74, 6) is -4.91. The minimum absolute atomic E-state index is 0.0175. The molecule has 0 N–H and O–H groups in total. The average Bonchev–Trinajstić information content (AvgIpc) is 2.85. The van der Waals surface area contributed by atoms with Gasteiger partial charge in [0, 0.05) is 23.0 Å². The predicted molar refractivity (Wildman–Crippen MR) is 122 cm³/mol. The molecule has 2 aromatic carbocycles. The van der Waals surface area contributed by atoms with Crippen LogP contribution in [-0.4, -0.2) is 32.0 Å². The molecule has 7 heteroatoms. The van der Waals surface area contributed by atoms with Crippen molar-refractivity contribution in [1.29, 1.82) is 0 Å². The van der Waals surface area contributed by atoms with Crippen molar-refractivity contribution in [1.82, 2.24) is 0 Å². The summed E-state index contributed by atoms with van der Waals surface area (Å²) < 4.78 is 75.8. The van der Waals surface area contributed by atoms with Crippen LogP contribution in [0.4, 0.5) is 17.6 Å². The maximum Gasteiger partial charge on any atom is 0.201 e. The third-order valence-electron chi connectivity index (χ3n) is 6.73. The summed E-state index contributed by atoms with van der Waals surface area (Å²) in [6.07, 6.45) is 7.42. The van der Waals surface area contributed by atoms with E-state index in [1.165, 1.54) is 24.3 Å². The zero-order chi connectivity index (χ0) is 24.2. The predicted octanol–water partition coefficient (Wildman–Crippen LogP) is 6.94. The number of rotatable bonds is 6. The Labute approximate surface area is 197 Å². The number of ether oxygens (including phenoxy) is 3. The number of allylic oxidation sites excluding steroid dienone is 1. The van der Waals surface area contributed by atoms with Gasteiger partial charge in [-0.05, 0) is 57.2 Å². The Morgan fingerprint density at radius 1 is 0.824 bits per heavy atom. The molecular weight excluding hydrogens is 448 g/mol. The van der Waals surface area contributed by atoms with Gasteiger partial charge in [0.2, 0.25) is 5.82 Å².